The van der Waals surface area contributed by atoms with E-state index >= 15 is 0 Å². The number of pyridine rings is 2. The first-order chi connectivity index (χ1) is 17.2. The van der Waals surface area contributed by atoms with Gasteiger partial charge in [-0.3, -0.25) is 0 Å². The number of ether oxygens (including phenoxy) is 3. The molecule has 0 saturated heterocycles. The summed E-state index contributed by atoms with van der Waals surface area (Å²) >= 11 is 0. The van der Waals surface area contributed by atoms with E-state index in [0.717, 1.165) is 39.4 Å². The maximum atomic E-state index is 6.20. The largest absolute Gasteiger partial charge is 0.497 e. The van der Waals surface area contributed by atoms with Gasteiger partial charge in [0.05, 0.1) is 37.4 Å². The van der Waals surface area contributed by atoms with Crippen molar-refractivity contribution in [2.24, 2.45) is 0 Å². The van der Waals surface area contributed by atoms with Crippen LogP contribution < -0.4 is 14.2 Å². The minimum Gasteiger partial charge on any atom is -0.497 e. The maximum Gasteiger partial charge on any atom is 0.223 e. The Balaban J connectivity index is 1.58. The predicted molar refractivity (Wildman–Crippen MR) is 134 cm³/mol. The fraction of sp³-hybridized carbons (Fsp3) is 0.107. The lowest BCUT2D eigenvalue weighted by Gasteiger charge is -2.14. The van der Waals surface area contributed by atoms with Crippen LogP contribution >= 0.6 is 0 Å². The first-order valence-corrected chi connectivity index (χ1v) is 11.1. The van der Waals surface area contributed by atoms with E-state index in [1.165, 1.54) is 0 Å². The van der Waals surface area contributed by atoms with Gasteiger partial charge in [0.1, 0.15) is 12.4 Å². The minimum atomic E-state index is 0.400. The van der Waals surface area contributed by atoms with Crippen molar-refractivity contribution in [2.45, 2.75) is 6.61 Å². The Kier molecular flexibility index (Phi) is 6.39. The summed E-state index contributed by atoms with van der Waals surface area (Å²) in [6, 6.07) is 25.5. The van der Waals surface area contributed by atoms with Crippen molar-refractivity contribution >= 4 is 0 Å². The Morgan fingerprint density at radius 1 is 0.771 bits per heavy atom. The normalized spacial score (nSPS) is 10.7. The van der Waals surface area contributed by atoms with Crippen LogP contribution in [0.3, 0.4) is 0 Å². The zero-order valence-corrected chi connectivity index (χ0v) is 19.5. The van der Waals surface area contributed by atoms with Crippen LogP contribution in [0.2, 0.25) is 0 Å². The summed E-state index contributed by atoms with van der Waals surface area (Å²) in [6.45, 7) is 0.400. The van der Waals surface area contributed by atoms with Crippen molar-refractivity contribution in [1.29, 1.82) is 0 Å². The van der Waals surface area contributed by atoms with Crippen molar-refractivity contribution in [1.82, 2.24) is 19.7 Å². The predicted octanol–water partition coefficient (Wildman–Crippen LogP) is 5.59. The summed E-state index contributed by atoms with van der Waals surface area (Å²) in [5, 5.41) is 4.57. The molecular weight excluding hydrogens is 440 g/mol. The lowest BCUT2D eigenvalue weighted by atomic mass is 10.1. The molecule has 3 heterocycles. The molecule has 0 spiro atoms. The summed E-state index contributed by atoms with van der Waals surface area (Å²) in [7, 11) is 3.25. The molecule has 5 rings (SSSR count). The highest BCUT2D eigenvalue weighted by atomic mass is 16.5. The van der Waals surface area contributed by atoms with Crippen LogP contribution in [-0.2, 0) is 6.61 Å². The quantitative estimate of drug-likeness (QED) is 0.298. The van der Waals surface area contributed by atoms with Crippen LogP contribution in [-0.4, -0.2) is 34.0 Å². The Hall–Kier alpha value is -4.65. The van der Waals surface area contributed by atoms with Crippen LogP contribution in [0.5, 0.6) is 17.5 Å². The van der Waals surface area contributed by atoms with Crippen LogP contribution in [0.15, 0.2) is 97.5 Å². The number of methoxy groups -OCH3 is 2. The number of nitrogens with zero attached hydrogens (tertiary/aromatic N) is 4. The maximum absolute atomic E-state index is 6.20. The molecule has 7 nitrogen and oxygen atoms in total. The number of rotatable bonds is 8. The van der Waals surface area contributed by atoms with E-state index in [-0.39, 0.29) is 0 Å². The molecule has 174 valence electrons. The molecule has 7 heteroatoms. The highest BCUT2D eigenvalue weighted by Crippen LogP contribution is 2.34. The fourth-order valence-corrected chi connectivity index (χ4v) is 3.76. The van der Waals surface area contributed by atoms with Crippen molar-refractivity contribution in [2.75, 3.05) is 14.2 Å². The van der Waals surface area contributed by atoms with Gasteiger partial charge in [0.2, 0.25) is 11.8 Å². The van der Waals surface area contributed by atoms with Crippen LogP contribution in [0.1, 0.15) is 5.56 Å². The van der Waals surface area contributed by atoms with Gasteiger partial charge >= 0.3 is 0 Å². The minimum absolute atomic E-state index is 0.400. The van der Waals surface area contributed by atoms with Crippen LogP contribution in [0.4, 0.5) is 0 Å². The van der Waals surface area contributed by atoms with Crippen molar-refractivity contribution in [3.63, 3.8) is 0 Å². The first kappa shape index (κ1) is 22.2. The van der Waals surface area contributed by atoms with Gasteiger partial charge in [0, 0.05) is 35.7 Å². The van der Waals surface area contributed by atoms with E-state index in [4.69, 9.17) is 19.2 Å². The van der Waals surface area contributed by atoms with Crippen LogP contribution in [0, 0.1) is 0 Å². The molecule has 0 aliphatic rings. The molecule has 0 unspecified atom stereocenters. The lowest BCUT2D eigenvalue weighted by Crippen LogP contribution is -2.03. The SMILES string of the molecule is COc1cccc(-n2nccc2-c2cc(-c3ccc(OC)nc3)cnc2OCc2ccccc2)c1. The summed E-state index contributed by atoms with van der Waals surface area (Å²) in [5.41, 5.74) is 5.41. The average Bonchev–Trinajstić information content (AvgIpc) is 3.42. The molecule has 0 fully saturated rings. The van der Waals surface area contributed by atoms with E-state index in [0.29, 0.717) is 18.4 Å². The molecule has 0 aliphatic heterocycles. The van der Waals surface area contributed by atoms with Gasteiger partial charge < -0.3 is 14.2 Å². The van der Waals surface area contributed by atoms with Gasteiger partial charge in [-0.1, -0.05) is 36.4 Å². The van der Waals surface area contributed by atoms with E-state index in [2.05, 4.69) is 10.1 Å². The highest BCUT2D eigenvalue weighted by Gasteiger charge is 2.17. The van der Waals surface area contributed by atoms with Gasteiger partial charge in [-0.15, -0.1) is 0 Å². The zero-order valence-electron chi connectivity index (χ0n) is 19.5. The molecular formula is C28H24N4O3. The molecule has 0 saturated carbocycles. The van der Waals surface area contributed by atoms with Gasteiger partial charge in [0.25, 0.3) is 0 Å². The van der Waals surface area contributed by atoms with E-state index < -0.39 is 0 Å². The van der Waals surface area contributed by atoms with Crippen LogP contribution in [0.25, 0.3) is 28.1 Å². The first-order valence-electron chi connectivity index (χ1n) is 11.1. The Labute approximate surface area is 203 Å². The molecule has 2 aromatic carbocycles. The van der Waals surface area contributed by atoms with Gasteiger partial charge in [-0.25, -0.2) is 14.6 Å². The molecule has 0 atom stereocenters. The number of aromatic nitrogens is 4. The zero-order chi connectivity index (χ0) is 24.0. The molecule has 5 aromatic rings. The summed E-state index contributed by atoms with van der Waals surface area (Å²) in [4.78, 5) is 9.03. The summed E-state index contributed by atoms with van der Waals surface area (Å²) in [5.74, 6) is 1.82. The third-order valence-electron chi connectivity index (χ3n) is 5.56. The van der Waals surface area contributed by atoms with Gasteiger partial charge in [-0.2, -0.15) is 5.10 Å². The second-order valence-corrected chi connectivity index (χ2v) is 7.77. The number of hydrogen-bond acceptors (Lipinski definition) is 6. The third kappa shape index (κ3) is 4.84. The van der Waals surface area contributed by atoms with Gasteiger partial charge in [-0.05, 0) is 35.9 Å². The smallest absolute Gasteiger partial charge is 0.223 e. The average molecular weight is 465 g/mol. The standard InChI is InChI=1S/C28H24N4O3/c1-33-24-10-6-9-23(16-24)32-26(13-14-31-32)25-15-22(21-11-12-27(34-2)29-17-21)18-30-28(25)35-19-20-7-4-3-5-8-20/h3-18H,19H2,1-2H3. The second-order valence-electron chi connectivity index (χ2n) is 7.77. The van der Waals surface area contributed by atoms with Crippen molar-refractivity contribution < 1.29 is 14.2 Å². The van der Waals surface area contributed by atoms with Crippen molar-refractivity contribution in [3.8, 4) is 45.6 Å². The van der Waals surface area contributed by atoms with E-state index in [1.807, 2.05) is 83.5 Å². The second kappa shape index (κ2) is 10.1. The highest BCUT2D eigenvalue weighted by molar-refractivity contribution is 5.74. The third-order valence-corrected chi connectivity index (χ3v) is 5.56. The number of benzene rings is 2. The molecule has 0 aliphatic carbocycles. The van der Waals surface area contributed by atoms with Gasteiger partial charge in [0.15, 0.2) is 0 Å². The molecule has 3 aromatic heterocycles. The lowest BCUT2D eigenvalue weighted by molar-refractivity contribution is 0.295. The van der Waals surface area contributed by atoms with E-state index in [9.17, 15) is 0 Å². The molecule has 35 heavy (non-hydrogen) atoms. The molecule has 0 N–H and O–H groups in total. The van der Waals surface area contributed by atoms with Crippen molar-refractivity contribution in [3.05, 3.63) is 103 Å². The Morgan fingerprint density at radius 2 is 1.63 bits per heavy atom. The number of hydrogen-bond donors (Lipinski definition) is 0. The Morgan fingerprint density at radius 3 is 2.40 bits per heavy atom. The molecule has 0 bridgehead atoms. The van der Waals surface area contributed by atoms with E-state index in [1.54, 1.807) is 32.8 Å². The fourth-order valence-electron chi connectivity index (χ4n) is 3.76. The molecule has 0 amide bonds. The topological polar surface area (TPSA) is 71.3 Å². The summed E-state index contributed by atoms with van der Waals surface area (Å²) in [6.07, 6.45) is 5.32. The summed E-state index contributed by atoms with van der Waals surface area (Å²) < 4.78 is 18.7. The monoisotopic (exact) mass is 464 g/mol. The Bertz CT molecular complexity index is 1420. The molecule has 0 radical (unpaired) electrons.